The van der Waals surface area contributed by atoms with Crippen molar-refractivity contribution < 1.29 is 14.1 Å². The van der Waals surface area contributed by atoms with E-state index in [2.05, 4.69) is 15.9 Å². The average molecular weight is 302 g/mol. The number of hydrogen-bond donors (Lipinski definition) is 0. The zero-order valence-corrected chi connectivity index (χ0v) is 10.9. The highest BCUT2D eigenvalue weighted by molar-refractivity contribution is 9.09. The first-order chi connectivity index (χ1) is 8.26. The number of methoxy groups -OCH3 is 1. The summed E-state index contributed by atoms with van der Waals surface area (Å²) in [5.41, 5.74) is 1.30. The van der Waals surface area contributed by atoms with Crippen molar-refractivity contribution in [1.29, 1.82) is 0 Å². The van der Waals surface area contributed by atoms with Crippen LogP contribution in [0.1, 0.15) is 5.56 Å². The van der Waals surface area contributed by atoms with Crippen molar-refractivity contribution in [3.63, 3.8) is 0 Å². The Hall–Kier alpha value is -1.27. The maximum atomic E-state index is 11.8. The number of halogens is 1. The summed E-state index contributed by atoms with van der Waals surface area (Å²) in [6.07, 6.45) is 0.879. The third-order valence-electron chi connectivity index (χ3n) is 2.29. The van der Waals surface area contributed by atoms with Crippen LogP contribution < -0.4 is 10.4 Å². The molecule has 0 bridgehead atoms. The van der Waals surface area contributed by atoms with E-state index in [0.29, 0.717) is 11.0 Å². The lowest BCUT2D eigenvalue weighted by Gasteiger charge is -1.99. The molecule has 0 atom stereocenters. The minimum atomic E-state index is -0.317. The summed E-state index contributed by atoms with van der Waals surface area (Å²) < 4.78 is 9.99. The van der Waals surface area contributed by atoms with E-state index in [0.717, 1.165) is 22.2 Å². The zero-order chi connectivity index (χ0) is 12.3. The number of aryl methyl sites for hydroxylation is 1. The van der Waals surface area contributed by atoms with E-state index in [9.17, 15) is 4.79 Å². The van der Waals surface area contributed by atoms with Crippen molar-refractivity contribution in [2.24, 2.45) is 0 Å². The Labute approximate surface area is 106 Å². The number of rotatable bonds is 5. The number of fused-ring (bicyclic) bond motifs is 1. The summed E-state index contributed by atoms with van der Waals surface area (Å²) in [4.78, 5) is 17.6. The largest absolute Gasteiger partial charge is 0.353 e. The lowest BCUT2D eigenvalue weighted by molar-refractivity contribution is -0.107. The van der Waals surface area contributed by atoms with Crippen molar-refractivity contribution in [2.75, 3.05) is 19.2 Å². The van der Waals surface area contributed by atoms with Gasteiger partial charge in [0, 0.05) is 17.3 Å². The highest BCUT2D eigenvalue weighted by Gasteiger charge is 2.10. The molecule has 0 aliphatic carbocycles. The van der Waals surface area contributed by atoms with Gasteiger partial charge in [-0.3, -0.25) is 4.79 Å². The Morgan fingerprint density at radius 2 is 2.29 bits per heavy atom. The number of nitrogens with zero attached hydrogens (tertiary/aromatic N) is 1. The fourth-order valence-electron chi connectivity index (χ4n) is 1.50. The minimum Gasteiger partial charge on any atom is -0.353 e. The summed E-state index contributed by atoms with van der Waals surface area (Å²) in [6.45, 7) is -0.0337. The summed E-state index contributed by atoms with van der Waals surface area (Å²) in [5.74, 6) is 0. The number of benzene rings is 1. The van der Waals surface area contributed by atoms with Crippen molar-refractivity contribution in [2.45, 2.75) is 6.42 Å². The van der Waals surface area contributed by atoms with Crippen LogP contribution in [0, 0.1) is 0 Å². The fraction of sp³-hybridized carbons (Fsp3) is 0.364. The standard InChI is InChI=1S/C11H12BrNO4/c1-15-7-16-13-11(14)9-3-2-8(4-5-12)6-10(9)17-13/h2-3,6H,4-5,7H2,1H3. The number of alkyl halides is 1. The van der Waals surface area contributed by atoms with Crippen LogP contribution in [0.5, 0.6) is 0 Å². The van der Waals surface area contributed by atoms with E-state index in [1.165, 1.54) is 7.11 Å². The maximum Gasteiger partial charge on any atom is 0.330 e. The second-order valence-corrected chi connectivity index (χ2v) is 4.25. The third-order valence-corrected chi connectivity index (χ3v) is 2.69. The molecule has 6 heteroatoms. The van der Waals surface area contributed by atoms with Gasteiger partial charge < -0.3 is 14.1 Å². The summed E-state index contributed by atoms with van der Waals surface area (Å²) in [6, 6.07) is 5.48. The molecule has 0 unspecified atom stereocenters. The molecular weight excluding hydrogens is 290 g/mol. The number of ether oxygens (including phenoxy) is 1. The lowest BCUT2D eigenvalue weighted by Crippen LogP contribution is -2.23. The van der Waals surface area contributed by atoms with Gasteiger partial charge in [0.2, 0.25) is 6.79 Å². The molecule has 0 N–H and O–H groups in total. The molecule has 2 aromatic rings. The van der Waals surface area contributed by atoms with Crippen LogP contribution in [0.2, 0.25) is 0 Å². The summed E-state index contributed by atoms with van der Waals surface area (Å²) in [5, 5.41) is 1.36. The molecule has 0 aliphatic rings. The highest BCUT2D eigenvalue weighted by Crippen LogP contribution is 2.14. The van der Waals surface area contributed by atoms with Crippen LogP contribution in [0.25, 0.3) is 11.0 Å². The first kappa shape index (κ1) is 12.2. The second kappa shape index (κ2) is 5.37. The average Bonchev–Trinajstić information content (AvgIpc) is 2.64. The van der Waals surface area contributed by atoms with E-state index in [-0.39, 0.29) is 12.4 Å². The molecule has 1 aromatic heterocycles. The molecule has 0 aliphatic heterocycles. The quantitative estimate of drug-likeness (QED) is 0.621. The zero-order valence-electron chi connectivity index (χ0n) is 9.31. The van der Waals surface area contributed by atoms with Gasteiger partial charge in [0.25, 0.3) is 0 Å². The van der Waals surface area contributed by atoms with Gasteiger partial charge in [-0.2, -0.15) is 0 Å². The van der Waals surface area contributed by atoms with E-state index in [4.69, 9.17) is 14.1 Å². The van der Waals surface area contributed by atoms with Gasteiger partial charge in [-0.1, -0.05) is 22.0 Å². The molecule has 0 saturated carbocycles. The SMILES string of the molecule is COCOn1oc2cc(CCBr)ccc2c1=O. The van der Waals surface area contributed by atoms with Crippen molar-refractivity contribution in [3.8, 4) is 0 Å². The number of aromatic nitrogens is 1. The van der Waals surface area contributed by atoms with Gasteiger partial charge in [-0.25, -0.2) is 0 Å². The first-order valence-electron chi connectivity index (χ1n) is 5.09. The molecule has 0 amide bonds. The monoisotopic (exact) mass is 301 g/mol. The molecule has 17 heavy (non-hydrogen) atoms. The van der Waals surface area contributed by atoms with Crippen LogP contribution in [-0.2, 0) is 11.2 Å². The van der Waals surface area contributed by atoms with Crippen LogP contribution in [0.15, 0.2) is 27.5 Å². The predicted octanol–water partition coefficient (Wildman–Crippen LogP) is 1.56. The molecule has 1 heterocycles. The van der Waals surface area contributed by atoms with Gasteiger partial charge >= 0.3 is 5.56 Å². The van der Waals surface area contributed by atoms with Crippen molar-refractivity contribution >= 4 is 26.9 Å². The van der Waals surface area contributed by atoms with Gasteiger partial charge in [0.05, 0.1) is 5.39 Å². The normalized spacial score (nSPS) is 10.9. The molecule has 0 saturated heterocycles. The van der Waals surface area contributed by atoms with Gasteiger partial charge in [0.15, 0.2) is 5.58 Å². The summed E-state index contributed by atoms with van der Waals surface area (Å²) >= 11 is 3.37. The second-order valence-electron chi connectivity index (χ2n) is 3.46. The Morgan fingerprint density at radius 1 is 1.47 bits per heavy atom. The molecular formula is C11H12BrNO4. The van der Waals surface area contributed by atoms with Gasteiger partial charge in [-0.05, 0) is 24.1 Å². The Balaban J connectivity index is 2.39. The molecule has 0 fully saturated rings. The Kier molecular flexibility index (Phi) is 3.86. The molecule has 0 spiro atoms. The Bertz CT molecular complexity index is 560. The molecule has 92 valence electrons. The molecule has 5 nitrogen and oxygen atoms in total. The predicted molar refractivity (Wildman–Crippen MR) is 66.4 cm³/mol. The van der Waals surface area contributed by atoms with Gasteiger partial charge in [-0.15, -0.1) is 0 Å². The molecule has 2 rings (SSSR count). The maximum absolute atomic E-state index is 11.8. The number of hydrogen-bond acceptors (Lipinski definition) is 4. The van der Waals surface area contributed by atoms with E-state index >= 15 is 0 Å². The molecule has 0 radical (unpaired) electrons. The van der Waals surface area contributed by atoms with Crippen LogP contribution in [0.3, 0.4) is 0 Å². The topological polar surface area (TPSA) is 53.6 Å². The first-order valence-corrected chi connectivity index (χ1v) is 6.21. The van der Waals surface area contributed by atoms with E-state index in [1.54, 1.807) is 6.07 Å². The minimum absolute atomic E-state index is 0.0337. The Morgan fingerprint density at radius 3 is 3.00 bits per heavy atom. The highest BCUT2D eigenvalue weighted by atomic mass is 79.9. The van der Waals surface area contributed by atoms with Crippen LogP contribution >= 0.6 is 15.9 Å². The smallest absolute Gasteiger partial charge is 0.330 e. The van der Waals surface area contributed by atoms with Crippen molar-refractivity contribution in [3.05, 3.63) is 34.1 Å². The van der Waals surface area contributed by atoms with E-state index < -0.39 is 0 Å². The van der Waals surface area contributed by atoms with Crippen LogP contribution in [0.4, 0.5) is 0 Å². The lowest BCUT2D eigenvalue weighted by atomic mass is 10.1. The third kappa shape index (κ3) is 2.53. The van der Waals surface area contributed by atoms with E-state index in [1.807, 2.05) is 12.1 Å². The van der Waals surface area contributed by atoms with Crippen molar-refractivity contribution in [1.82, 2.24) is 4.90 Å². The van der Waals surface area contributed by atoms with Gasteiger partial charge in [0.1, 0.15) is 0 Å². The fourth-order valence-corrected chi connectivity index (χ4v) is 1.96. The molecule has 1 aromatic carbocycles. The van der Waals surface area contributed by atoms with Crippen LogP contribution in [-0.4, -0.2) is 24.1 Å². The summed E-state index contributed by atoms with van der Waals surface area (Å²) in [7, 11) is 1.47.